The van der Waals surface area contributed by atoms with Gasteiger partial charge in [0, 0.05) is 18.0 Å². The van der Waals surface area contributed by atoms with E-state index < -0.39 is 0 Å². The molecule has 0 saturated carbocycles. The number of methoxy groups -OCH3 is 1. The molecule has 0 heterocycles. The van der Waals surface area contributed by atoms with Gasteiger partial charge in [-0.05, 0) is 18.2 Å². The Morgan fingerprint density at radius 3 is 3.06 bits per heavy atom. The molecule has 0 spiro atoms. The molecule has 5 heteroatoms. The Labute approximate surface area is 111 Å². The Hall–Kier alpha value is -1.80. The Morgan fingerprint density at radius 2 is 2.39 bits per heavy atom. The SMILES string of the molecule is C#CCSCCNC(=O)c1cc(OC)ccc1N. The number of nitrogens with two attached hydrogens (primary N) is 1. The molecule has 18 heavy (non-hydrogen) atoms. The molecule has 0 atom stereocenters. The molecule has 0 aliphatic heterocycles. The van der Waals surface area contributed by atoms with Gasteiger partial charge in [0.15, 0.2) is 0 Å². The van der Waals surface area contributed by atoms with Gasteiger partial charge in [0.1, 0.15) is 5.75 Å². The monoisotopic (exact) mass is 264 g/mol. The summed E-state index contributed by atoms with van der Waals surface area (Å²) < 4.78 is 5.06. The predicted octanol–water partition coefficient (Wildman–Crippen LogP) is 1.37. The van der Waals surface area contributed by atoms with Crippen LogP contribution in [0.2, 0.25) is 0 Å². The van der Waals surface area contributed by atoms with Crippen molar-refractivity contribution in [1.82, 2.24) is 5.32 Å². The summed E-state index contributed by atoms with van der Waals surface area (Å²) in [5.74, 6) is 4.36. The first-order valence-corrected chi connectivity index (χ1v) is 6.57. The molecule has 1 rings (SSSR count). The lowest BCUT2D eigenvalue weighted by atomic mass is 10.1. The van der Waals surface area contributed by atoms with E-state index in [4.69, 9.17) is 16.9 Å². The van der Waals surface area contributed by atoms with Crippen molar-refractivity contribution in [2.24, 2.45) is 0 Å². The van der Waals surface area contributed by atoms with Gasteiger partial charge in [-0.2, -0.15) is 0 Å². The zero-order valence-electron chi connectivity index (χ0n) is 10.2. The third-order valence-electron chi connectivity index (χ3n) is 2.22. The van der Waals surface area contributed by atoms with E-state index in [9.17, 15) is 4.79 Å². The standard InChI is InChI=1S/C13H16N2O2S/c1-3-7-18-8-6-15-13(16)11-9-10(17-2)4-5-12(11)14/h1,4-5,9H,6-8,14H2,2H3,(H,15,16). The molecule has 0 saturated heterocycles. The first-order chi connectivity index (χ1) is 8.69. The Bertz CT molecular complexity index is 455. The third-order valence-corrected chi connectivity index (χ3v) is 3.09. The van der Waals surface area contributed by atoms with E-state index in [1.165, 1.54) is 0 Å². The minimum atomic E-state index is -0.201. The molecule has 1 aromatic carbocycles. The summed E-state index contributed by atoms with van der Waals surface area (Å²) in [7, 11) is 1.55. The zero-order chi connectivity index (χ0) is 13.4. The van der Waals surface area contributed by atoms with Crippen LogP contribution in [-0.2, 0) is 0 Å². The van der Waals surface area contributed by atoms with Crippen LogP contribution in [0.5, 0.6) is 5.75 Å². The van der Waals surface area contributed by atoms with Crippen LogP contribution in [0.4, 0.5) is 5.69 Å². The van der Waals surface area contributed by atoms with E-state index in [-0.39, 0.29) is 5.91 Å². The summed E-state index contributed by atoms with van der Waals surface area (Å²) in [6.45, 7) is 0.557. The van der Waals surface area contributed by atoms with Crippen LogP contribution in [0.3, 0.4) is 0 Å². The van der Waals surface area contributed by atoms with Crippen molar-refractivity contribution < 1.29 is 9.53 Å². The van der Waals surface area contributed by atoms with Crippen LogP contribution in [-0.4, -0.2) is 31.1 Å². The molecule has 0 bridgehead atoms. The molecule has 1 aromatic rings. The van der Waals surface area contributed by atoms with Crippen molar-refractivity contribution in [3.05, 3.63) is 23.8 Å². The molecule has 0 aliphatic carbocycles. The summed E-state index contributed by atoms with van der Waals surface area (Å²) in [6, 6.07) is 5.00. The third kappa shape index (κ3) is 4.22. The van der Waals surface area contributed by atoms with Gasteiger partial charge in [0.25, 0.3) is 5.91 Å². The van der Waals surface area contributed by atoms with Crippen molar-refractivity contribution in [3.63, 3.8) is 0 Å². The highest BCUT2D eigenvalue weighted by Crippen LogP contribution is 2.19. The lowest BCUT2D eigenvalue weighted by molar-refractivity contribution is 0.0956. The maximum absolute atomic E-state index is 11.9. The quantitative estimate of drug-likeness (QED) is 0.463. The van der Waals surface area contributed by atoms with Crippen LogP contribution in [0, 0.1) is 12.3 Å². The van der Waals surface area contributed by atoms with Gasteiger partial charge in [-0.15, -0.1) is 18.2 Å². The van der Waals surface area contributed by atoms with Crippen LogP contribution in [0.1, 0.15) is 10.4 Å². The summed E-state index contributed by atoms with van der Waals surface area (Å²) in [6.07, 6.45) is 5.12. The number of carbonyl (C=O) groups excluding carboxylic acids is 1. The van der Waals surface area contributed by atoms with Gasteiger partial charge < -0.3 is 15.8 Å². The van der Waals surface area contributed by atoms with Crippen molar-refractivity contribution >= 4 is 23.4 Å². The number of benzene rings is 1. The van der Waals surface area contributed by atoms with Gasteiger partial charge in [-0.3, -0.25) is 4.79 Å². The van der Waals surface area contributed by atoms with Crippen molar-refractivity contribution in [2.75, 3.05) is 30.9 Å². The normalized spacial score (nSPS) is 9.56. The lowest BCUT2D eigenvalue weighted by Gasteiger charge is -2.08. The number of carbonyl (C=O) groups is 1. The van der Waals surface area contributed by atoms with E-state index in [0.717, 1.165) is 5.75 Å². The van der Waals surface area contributed by atoms with E-state index >= 15 is 0 Å². The molecular weight excluding hydrogens is 248 g/mol. The Morgan fingerprint density at radius 1 is 1.61 bits per heavy atom. The minimum absolute atomic E-state index is 0.201. The number of thioether (sulfide) groups is 1. The molecule has 96 valence electrons. The van der Waals surface area contributed by atoms with Gasteiger partial charge in [0.2, 0.25) is 0 Å². The molecule has 0 fully saturated rings. The topological polar surface area (TPSA) is 64.3 Å². The molecular formula is C13H16N2O2S. The number of nitrogen functional groups attached to an aromatic ring is 1. The summed E-state index contributed by atoms with van der Waals surface area (Å²) in [5.41, 5.74) is 6.61. The van der Waals surface area contributed by atoms with Gasteiger partial charge in [0.05, 0.1) is 18.4 Å². The second-order valence-electron chi connectivity index (χ2n) is 3.47. The average molecular weight is 264 g/mol. The number of anilines is 1. The average Bonchev–Trinajstić information content (AvgIpc) is 2.39. The largest absolute Gasteiger partial charge is 0.497 e. The van der Waals surface area contributed by atoms with E-state index in [2.05, 4.69) is 11.2 Å². The molecule has 3 N–H and O–H groups in total. The lowest BCUT2D eigenvalue weighted by Crippen LogP contribution is -2.26. The number of ether oxygens (including phenoxy) is 1. The number of hydrogen-bond acceptors (Lipinski definition) is 4. The first kappa shape index (κ1) is 14.3. The molecule has 1 amide bonds. The van der Waals surface area contributed by atoms with Gasteiger partial charge in [-0.25, -0.2) is 0 Å². The second-order valence-corrected chi connectivity index (χ2v) is 4.57. The molecule has 4 nitrogen and oxygen atoms in total. The van der Waals surface area contributed by atoms with Crippen LogP contribution in [0.15, 0.2) is 18.2 Å². The first-order valence-electron chi connectivity index (χ1n) is 5.42. The Balaban J connectivity index is 2.53. The van der Waals surface area contributed by atoms with Gasteiger partial charge >= 0.3 is 0 Å². The minimum Gasteiger partial charge on any atom is -0.497 e. The van der Waals surface area contributed by atoms with Gasteiger partial charge in [-0.1, -0.05) is 5.92 Å². The molecule has 0 radical (unpaired) electrons. The van der Waals surface area contributed by atoms with Crippen molar-refractivity contribution in [3.8, 4) is 18.1 Å². The summed E-state index contributed by atoms with van der Waals surface area (Å²) in [4.78, 5) is 11.9. The highest BCUT2D eigenvalue weighted by molar-refractivity contribution is 7.99. The van der Waals surface area contributed by atoms with Crippen LogP contribution < -0.4 is 15.8 Å². The molecule has 0 aromatic heterocycles. The summed E-state index contributed by atoms with van der Waals surface area (Å²) >= 11 is 1.60. The number of terminal acetylenes is 1. The van der Waals surface area contributed by atoms with E-state index in [1.54, 1.807) is 37.1 Å². The highest BCUT2D eigenvalue weighted by Gasteiger charge is 2.10. The Kier molecular flexibility index (Phi) is 5.95. The fraction of sp³-hybridized carbons (Fsp3) is 0.308. The predicted molar refractivity (Wildman–Crippen MR) is 75.9 cm³/mol. The van der Waals surface area contributed by atoms with Crippen LogP contribution in [0.25, 0.3) is 0 Å². The highest BCUT2D eigenvalue weighted by atomic mass is 32.2. The van der Waals surface area contributed by atoms with E-state index in [1.807, 2.05) is 0 Å². The number of hydrogen-bond donors (Lipinski definition) is 2. The molecule has 0 aliphatic rings. The molecule has 0 unspecified atom stereocenters. The fourth-order valence-electron chi connectivity index (χ4n) is 1.32. The summed E-state index contributed by atoms with van der Waals surface area (Å²) in [5, 5.41) is 2.79. The maximum atomic E-state index is 11.9. The van der Waals surface area contributed by atoms with Crippen LogP contribution >= 0.6 is 11.8 Å². The number of nitrogens with one attached hydrogen (secondary N) is 1. The smallest absolute Gasteiger partial charge is 0.253 e. The zero-order valence-corrected chi connectivity index (χ0v) is 11.0. The van der Waals surface area contributed by atoms with Crippen molar-refractivity contribution in [2.45, 2.75) is 0 Å². The number of rotatable bonds is 6. The van der Waals surface area contributed by atoms with Crippen molar-refractivity contribution in [1.29, 1.82) is 0 Å². The van der Waals surface area contributed by atoms with E-state index in [0.29, 0.717) is 29.3 Å². The number of amides is 1. The second kappa shape index (κ2) is 7.51. The maximum Gasteiger partial charge on any atom is 0.253 e. The fourth-order valence-corrected chi connectivity index (χ4v) is 1.83.